The Morgan fingerprint density at radius 2 is 1.45 bits per heavy atom. The average Bonchev–Trinajstić information content (AvgIpc) is 2.34. The van der Waals surface area contributed by atoms with E-state index >= 15 is 0 Å². The largest absolute Gasteiger partial charge is 0.315 e. The van der Waals surface area contributed by atoms with Crippen molar-refractivity contribution in [1.29, 1.82) is 0 Å². The topological polar surface area (TPSA) is 24.1 Å². The monoisotopic (exact) mass is 278 g/mol. The van der Waals surface area contributed by atoms with Crippen LogP contribution in [0.1, 0.15) is 59.3 Å². The van der Waals surface area contributed by atoms with E-state index in [0.717, 1.165) is 36.8 Å². The molecular formula is C18H34N2. The summed E-state index contributed by atoms with van der Waals surface area (Å²) in [5, 5.41) is 7.43. The van der Waals surface area contributed by atoms with E-state index in [0.29, 0.717) is 11.5 Å². The minimum Gasteiger partial charge on any atom is -0.315 e. The second kappa shape index (κ2) is 5.96. The molecule has 0 spiro atoms. The first kappa shape index (κ1) is 14.8. The molecule has 1 unspecified atom stereocenters. The zero-order chi connectivity index (χ0) is 14.2. The Labute approximate surface area is 125 Å². The molecule has 0 aromatic heterocycles. The van der Waals surface area contributed by atoms with E-state index in [-0.39, 0.29) is 0 Å². The molecule has 4 fully saturated rings. The molecule has 116 valence electrons. The maximum atomic E-state index is 3.85. The molecule has 1 atom stereocenters. The van der Waals surface area contributed by atoms with Crippen LogP contribution in [0.3, 0.4) is 0 Å². The van der Waals surface area contributed by atoms with Crippen LogP contribution >= 0.6 is 0 Å². The van der Waals surface area contributed by atoms with Crippen molar-refractivity contribution in [2.24, 2.45) is 29.1 Å². The van der Waals surface area contributed by atoms with Crippen molar-refractivity contribution in [3.05, 3.63) is 0 Å². The Morgan fingerprint density at radius 1 is 0.900 bits per heavy atom. The van der Waals surface area contributed by atoms with Gasteiger partial charge in [0.2, 0.25) is 0 Å². The van der Waals surface area contributed by atoms with Crippen LogP contribution in [0.5, 0.6) is 0 Å². The zero-order valence-corrected chi connectivity index (χ0v) is 13.8. The van der Waals surface area contributed by atoms with Crippen molar-refractivity contribution in [3.8, 4) is 0 Å². The molecule has 0 radical (unpaired) electrons. The van der Waals surface area contributed by atoms with E-state index < -0.39 is 0 Å². The first-order valence-corrected chi connectivity index (χ1v) is 8.99. The maximum Gasteiger partial charge on any atom is 0.0164 e. The van der Waals surface area contributed by atoms with Crippen molar-refractivity contribution in [1.82, 2.24) is 10.6 Å². The summed E-state index contributed by atoms with van der Waals surface area (Å²) in [6, 6.07) is 0.613. The lowest BCUT2D eigenvalue weighted by atomic mass is 9.49. The van der Waals surface area contributed by atoms with Gasteiger partial charge in [0.15, 0.2) is 0 Å². The quantitative estimate of drug-likeness (QED) is 0.745. The summed E-state index contributed by atoms with van der Waals surface area (Å²) in [6.07, 6.45) is 9.26. The van der Waals surface area contributed by atoms with Gasteiger partial charge in [-0.1, -0.05) is 13.8 Å². The predicted molar refractivity (Wildman–Crippen MR) is 85.8 cm³/mol. The first-order valence-electron chi connectivity index (χ1n) is 8.99. The summed E-state index contributed by atoms with van der Waals surface area (Å²) < 4.78 is 0. The molecule has 0 aliphatic heterocycles. The Kier molecular flexibility index (Phi) is 4.42. The molecule has 0 saturated heterocycles. The van der Waals surface area contributed by atoms with Gasteiger partial charge in [0, 0.05) is 19.1 Å². The second-order valence-corrected chi connectivity index (χ2v) is 8.75. The van der Waals surface area contributed by atoms with Gasteiger partial charge in [-0.05, 0) is 81.1 Å². The summed E-state index contributed by atoms with van der Waals surface area (Å²) >= 11 is 0. The van der Waals surface area contributed by atoms with Crippen LogP contribution in [0.25, 0.3) is 0 Å². The molecule has 0 heterocycles. The van der Waals surface area contributed by atoms with Crippen LogP contribution in [0.2, 0.25) is 0 Å². The molecule has 4 aliphatic carbocycles. The van der Waals surface area contributed by atoms with Crippen molar-refractivity contribution >= 4 is 0 Å². The summed E-state index contributed by atoms with van der Waals surface area (Å²) in [5.74, 6) is 4.00. The van der Waals surface area contributed by atoms with Crippen LogP contribution in [-0.2, 0) is 0 Å². The minimum absolute atomic E-state index is 0.613. The van der Waals surface area contributed by atoms with Gasteiger partial charge in [-0.25, -0.2) is 0 Å². The number of hydrogen-bond donors (Lipinski definition) is 2. The van der Waals surface area contributed by atoms with E-state index in [9.17, 15) is 0 Å². The van der Waals surface area contributed by atoms with Gasteiger partial charge in [0.1, 0.15) is 0 Å². The average molecular weight is 278 g/mol. The van der Waals surface area contributed by atoms with Crippen LogP contribution in [0.15, 0.2) is 0 Å². The van der Waals surface area contributed by atoms with Crippen LogP contribution in [0, 0.1) is 29.1 Å². The normalized spacial score (nSPS) is 40.5. The van der Waals surface area contributed by atoms with E-state index in [1.54, 1.807) is 19.3 Å². The van der Waals surface area contributed by atoms with Gasteiger partial charge >= 0.3 is 0 Å². The van der Waals surface area contributed by atoms with Gasteiger partial charge in [-0.3, -0.25) is 0 Å². The third-order valence-corrected chi connectivity index (χ3v) is 5.99. The molecule has 2 N–H and O–H groups in total. The lowest BCUT2D eigenvalue weighted by Gasteiger charge is -2.57. The summed E-state index contributed by atoms with van der Waals surface area (Å²) in [5.41, 5.74) is 0.682. The Bertz CT molecular complexity index is 288. The lowest BCUT2D eigenvalue weighted by Crippen LogP contribution is -2.52. The Morgan fingerprint density at radius 3 is 1.95 bits per heavy atom. The van der Waals surface area contributed by atoms with E-state index in [1.807, 2.05) is 0 Å². The van der Waals surface area contributed by atoms with Gasteiger partial charge in [-0.15, -0.1) is 0 Å². The highest BCUT2D eigenvalue weighted by Gasteiger charge is 2.50. The molecule has 2 heteroatoms. The van der Waals surface area contributed by atoms with Crippen molar-refractivity contribution < 1.29 is 0 Å². The molecule has 20 heavy (non-hydrogen) atoms. The minimum atomic E-state index is 0.613. The number of rotatable bonds is 7. The fraction of sp³-hybridized carbons (Fsp3) is 1.00. The molecule has 0 aromatic rings. The predicted octanol–water partition coefficient (Wildman–Crippen LogP) is 3.43. The highest BCUT2D eigenvalue weighted by Crippen LogP contribution is 2.59. The fourth-order valence-electron chi connectivity index (χ4n) is 5.56. The summed E-state index contributed by atoms with van der Waals surface area (Å²) in [4.78, 5) is 0. The van der Waals surface area contributed by atoms with Crippen LogP contribution in [-0.4, -0.2) is 25.7 Å². The first-order chi connectivity index (χ1) is 9.55. The van der Waals surface area contributed by atoms with Gasteiger partial charge < -0.3 is 10.6 Å². The standard InChI is InChI=1S/C18H34N2/c1-13(2)10-19-11-14(3)20-12-18-7-15-4-16(8-18)6-17(5-15)9-18/h13-17,19-20H,4-12H2,1-3H3. The molecule has 2 nitrogen and oxygen atoms in total. The molecule has 0 amide bonds. The van der Waals surface area contributed by atoms with Crippen LogP contribution in [0.4, 0.5) is 0 Å². The highest BCUT2D eigenvalue weighted by atomic mass is 15.0. The second-order valence-electron chi connectivity index (χ2n) is 8.75. The maximum absolute atomic E-state index is 3.85. The third-order valence-electron chi connectivity index (χ3n) is 5.99. The molecule has 4 rings (SSSR count). The lowest BCUT2D eigenvalue weighted by molar-refractivity contribution is -0.0522. The highest BCUT2D eigenvalue weighted by molar-refractivity contribution is 5.02. The van der Waals surface area contributed by atoms with E-state index in [1.165, 1.54) is 25.8 Å². The van der Waals surface area contributed by atoms with E-state index in [4.69, 9.17) is 0 Å². The molecule has 4 aliphatic rings. The van der Waals surface area contributed by atoms with Gasteiger partial charge in [-0.2, -0.15) is 0 Å². The Balaban J connectivity index is 1.44. The van der Waals surface area contributed by atoms with Gasteiger partial charge in [0.25, 0.3) is 0 Å². The zero-order valence-electron chi connectivity index (χ0n) is 13.8. The van der Waals surface area contributed by atoms with Crippen LogP contribution < -0.4 is 10.6 Å². The summed E-state index contributed by atoms with van der Waals surface area (Å²) in [6.45, 7) is 10.4. The van der Waals surface area contributed by atoms with E-state index in [2.05, 4.69) is 31.4 Å². The molecule has 4 bridgehead atoms. The molecule has 0 aromatic carbocycles. The van der Waals surface area contributed by atoms with Crippen molar-refractivity contribution in [2.75, 3.05) is 19.6 Å². The smallest absolute Gasteiger partial charge is 0.0164 e. The SMILES string of the molecule is CC(C)CNCC(C)NCC12CC3CC(CC(C3)C1)C2. The van der Waals surface area contributed by atoms with Crippen molar-refractivity contribution in [3.63, 3.8) is 0 Å². The third kappa shape index (κ3) is 3.39. The fourth-order valence-corrected chi connectivity index (χ4v) is 5.56. The number of hydrogen-bond acceptors (Lipinski definition) is 2. The number of nitrogens with one attached hydrogen (secondary N) is 2. The Hall–Kier alpha value is -0.0800. The van der Waals surface area contributed by atoms with Gasteiger partial charge in [0.05, 0.1) is 0 Å². The van der Waals surface area contributed by atoms with Crippen molar-refractivity contribution in [2.45, 2.75) is 65.3 Å². The summed E-state index contributed by atoms with van der Waals surface area (Å²) in [7, 11) is 0. The molecule has 4 saturated carbocycles. The molecular weight excluding hydrogens is 244 g/mol.